The van der Waals surface area contributed by atoms with Crippen LogP contribution in [0.25, 0.3) is 0 Å². The molecule has 0 heterocycles. The molecule has 16 heavy (non-hydrogen) atoms. The summed E-state index contributed by atoms with van der Waals surface area (Å²) in [5.74, 6) is 0.206. The van der Waals surface area contributed by atoms with Gasteiger partial charge in [-0.25, -0.2) is 0 Å². The van der Waals surface area contributed by atoms with Crippen LogP contribution >= 0.6 is 0 Å². The Morgan fingerprint density at radius 1 is 1.31 bits per heavy atom. The van der Waals surface area contributed by atoms with Gasteiger partial charge in [0.2, 0.25) is 0 Å². The van der Waals surface area contributed by atoms with Crippen LogP contribution in [-0.4, -0.2) is 23.8 Å². The second-order valence-electron chi connectivity index (χ2n) is 5.07. The molecule has 3 N–H and O–H groups in total. The summed E-state index contributed by atoms with van der Waals surface area (Å²) in [6.45, 7) is 6.55. The maximum absolute atomic E-state index is 10.1. The van der Waals surface area contributed by atoms with Crippen molar-refractivity contribution >= 4 is 0 Å². The lowest BCUT2D eigenvalue weighted by Crippen LogP contribution is -2.18. The van der Waals surface area contributed by atoms with Crippen molar-refractivity contribution in [2.45, 2.75) is 32.3 Å². The molecule has 0 aliphatic heterocycles. The Morgan fingerprint density at radius 2 is 1.94 bits per heavy atom. The first kappa shape index (κ1) is 13.0. The predicted molar refractivity (Wildman–Crippen MR) is 65.7 cm³/mol. The second-order valence-corrected chi connectivity index (χ2v) is 5.07. The molecule has 1 atom stereocenters. The number of aromatic hydroxyl groups is 1. The number of likely N-dealkylation sites (N-methyl/N-ethyl adjacent to an activating group) is 1. The van der Waals surface area contributed by atoms with Gasteiger partial charge in [0.05, 0.1) is 6.10 Å². The van der Waals surface area contributed by atoms with Crippen LogP contribution in [0.2, 0.25) is 0 Å². The number of aliphatic hydroxyl groups is 1. The molecule has 1 aromatic carbocycles. The number of rotatable bonds is 3. The molecule has 3 nitrogen and oxygen atoms in total. The highest BCUT2D eigenvalue weighted by molar-refractivity contribution is 5.45. The molecule has 90 valence electrons. The highest BCUT2D eigenvalue weighted by atomic mass is 16.3. The minimum atomic E-state index is -0.674. The van der Waals surface area contributed by atoms with Crippen molar-refractivity contribution in [3.05, 3.63) is 29.3 Å². The van der Waals surface area contributed by atoms with Gasteiger partial charge in [-0.3, -0.25) is 0 Å². The van der Waals surface area contributed by atoms with Crippen molar-refractivity contribution in [2.24, 2.45) is 0 Å². The lowest BCUT2D eigenvalue weighted by atomic mass is 9.84. The van der Waals surface area contributed by atoms with Crippen molar-refractivity contribution in [3.8, 4) is 5.75 Å². The minimum Gasteiger partial charge on any atom is -0.507 e. The summed E-state index contributed by atoms with van der Waals surface area (Å²) < 4.78 is 0. The van der Waals surface area contributed by atoms with E-state index in [0.29, 0.717) is 12.1 Å². The van der Waals surface area contributed by atoms with Gasteiger partial charge in [-0.2, -0.15) is 0 Å². The maximum Gasteiger partial charge on any atom is 0.125 e. The fourth-order valence-electron chi connectivity index (χ4n) is 1.74. The summed E-state index contributed by atoms with van der Waals surface area (Å²) in [6.07, 6.45) is -0.674. The van der Waals surface area contributed by atoms with Gasteiger partial charge in [-0.1, -0.05) is 39.0 Å². The summed E-state index contributed by atoms with van der Waals surface area (Å²) in [6, 6.07) is 5.52. The number of hydrogen-bond donors (Lipinski definition) is 3. The van der Waals surface area contributed by atoms with Gasteiger partial charge in [0.25, 0.3) is 0 Å². The van der Waals surface area contributed by atoms with Gasteiger partial charge in [0.15, 0.2) is 0 Å². The SMILES string of the molecule is CNCC(O)c1cccc(C(C)(C)C)c1O. The molecule has 1 unspecified atom stereocenters. The molecule has 0 saturated heterocycles. The summed E-state index contributed by atoms with van der Waals surface area (Å²) in [4.78, 5) is 0. The molecular formula is C13H21NO2. The molecule has 0 aliphatic carbocycles. The van der Waals surface area contributed by atoms with Crippen molar-refractivity contribution in [1.82, 2.24) is 5.32 Å². The van der Waals surface area contributed by atoms with E-state index in [4.69, 9.17) is 0 Å². The van der Waals surface area contributed by atoms with Crippen LogP contribution in [0.3, 0.4) is 0 Å². The lowest BCUT2D eigenvalue weighted by Gasteiger charge is -2.23. The summed E-state index contributed by atoms with van der Waals surface area (Å²) in [7, 11) is 1.77. The van der Waals surface area contributed by atoms with Crippen molar-refractivity contribution < 1.29 is 10.2 Å². The summed E-state index contributed by atoms with van der Waals surface area (Å²) in [5, 5.41) is 22.9. The van der Waals surface area contributed by atoms with Crippen LogP contribution in [0.1, 0.15) is 38.0 Å². The van der Waals surface area contributed by atoms with E-state index in [0.717, 1.165) is 5.56 Å². The van der Waals surface area contributed by atoms with Crippen LogP contribution in [0.15, 0.2) is 18.2 Å². The summed E-state index contributed by atoms with van der Waals surface area (Å²) in [5.41, 5.74) is 1.32. The van der Waals surface area contributed by atoms with Gasteiger partial charge >= 0.3 is 0 Å². The third-order valence-electron chi connectivity index (χ3n) is 2.63. The van der Waals surface area contributed by atoms with E-state index in [2.05, 4.69) is 5.32 Å². The monoisotopic (exact) mass is 223 g/mol. The van der Waals surface area contributed by atoms with E-state index >= 15 is 0 Å². The molecule has 1 rings (SSSR count). The number of hydrogen-bond acceptors (Lipinski definition) is 3. The van der Waals surface area contributed by atoms with Crippen LogP contribution in [0.5, 0.6) is 5.75 Å². The van der Waals surface area contributed by atoms with E-state index in [-0.39, 0.29) is 11.2 Å². The molecule has 0 aliphatic rings. The number of aliphatic hydroxyl groups excluding tert-OH is 1. The standard InChI is InChI=1S/C13H21NO2/c1-13(2,3)10-7-5-6-9(12(10)16)11(15)8-14-4/h5-7,11,14-16H,8H2,1-4H3. The van der Waals surface area contributed by atoms with Crippen molar-refractivity contribution in [3.63, 3.8) is 0 Å². The molecule has 1 aromatic rings. The highest BCUT2D eigenvalue weighted by Gasteiger charge is 2.21. The third kappa shape index (κ3) is 2.74. The second kappa shape index (κ2) is 4.85. The number of phenols is 1. The minimum absolute atomic E-state index is 0.126. The van der Waals surface area contributed by atoms with Gasteiger partial charge in [-0.15, -0.1) is 0 Å². The Labute approximate surface area is 97.1 Å². The Hall–Kier alpha value is -1.06. The van der Waals surface area contributed by atoms with Gasteiger partial charge < -0.3 is 15.5 Å². The first-order valence-corrected chi connectivity index (χ1v) is 5.53. The average molecular weight is 223 g/mol. The summed E-state index contributed by atoms with van der Waals surface area (Å²) >= 11 is 0. The average Bonchev–Trinajstić information content (AvgIpc) is 2.16. The lowest BCUT2D eigenvalue weighted by molar-refractivity contribution is 0.173. The maximum atomic E-state index is 10.1. The van der Waals surface area contributed by atoms with Crippen molar-refractivity contribution in [1.29, 1.82) is 0 Å². The Morgan fingerprint density at radius 3 is 2.44 bits per heavy atom. The van der Waals surface area contributed by atoms with Crippen LogP contribution < -0.4 is 5.32 Å². The van der Waals surface area contributed by atoms with E-state index < -0.39 is 6.10 Å². The van der Waals surface area contributed by atoms with E-state index in [1.165, 1.54) is 0 Å². The topological polar surface area (TPSA) is 52.5 Å². The van der Waals surface area contributed by atoms with Crippen molar-refractivity contribution in [2.75, 3.05) is 13.6 Å². The number of nitrogens with one attached hydrogen (secondary N) is 1. The molecular weight excluding hydrogens is 202 g/mol. The molecule has 0 spiro atoms. The Bertz CT molecular complexity index is 355. The van der Waals surface area contributed by atoms with Gasteiger partial charge in [-0.05, 0) is 18.0 Å². The number of phenolic OH excluding ortho intramolecular Hbond substituents is 1. The van der Waals surface area contributed by atoms with Gasteiger partial charge in [0, 0.05) is 12.1 Å². The van der Waals surface area contributed by atoms with Crippen LogP contribution in [-0.2, 0) is 5.41 Å². The zero-order chi connectivity index (χ0) is 12.3. The van der Waals surface area contributed by atoms with Crippen LogP contribution in [0, 0.1) is 0 Å². The molecule has 0 aromatic heterocycles. The first-order chi connectivity index (χ1) is 7.38. The van der Waals surface area contributed by atoms with E-state index in [1.807, 2.05) is 32.9 Å². The molecule has 0 amide bonds. The van der Waals surface area contributed by atoms with Gasteiger partial charge in [0.1, 0.15) is 5.75 Å². The first-order valence-electron chi connectivity index (χ1n) is 5.53. The van der Waals surface area contributed by atoms with Crippen LogP contribution in [0.4, 0.5) is 0 Å². The third-order valence-corrected chi connectivity index (χ3v) is 2.63. The normalized spacial score (nSPS) is 13.8. The number of benzene rings is 1. The smallest absolute Gasteiger partial charge is 0.125 e. The Balaban J connectivity index is 3.14. The quantitative estimate of drug-likeness (QED) is 0.734. The van der Waals surface area contributed by atoms with E-state index in [1.54, 1.807) is 13.1 Å². The zero-order valence-electron chi connectivity index (χ0n) is 10.4. The Kier molecular flexibility index (Phi) is 3.94. The fourth-order valence-corrected chi connectivity index (χ4v) is 1.74. The molecule has 0 bridgehead atoms. The molecule has 0 radical (unpaired) electrons. The predicted octanol–water partition coefficient (Wildman–Crippen LogP) is 1.94. The fraction of sp³-hybridized carbons (Fsp3) is 0.538. The highest BCUT2D eigenvalue weighted by Crippen LogP contribution is 2.35. The zero-order valence-corrected chi connectivity index (χ0v) is 10.4. The molecule has 0 fully saturated rings. The molecule has 3 heteroatoms. The molecule has 0 saturated carbocycles. The largest absolute Gasteiger partial charge is 0.507 e. The van der Waals surface area contributed by atoms with E-state index in [9.17, 15) is 10.2 Å². The number of para-hydroxylation sites is 1.